The summed E-state index contributed by atoms with van der Waals surface area (Å²) in [6, 6.07) is 7.32. The third kappa shape index (κ3) is 5.12. The maximum absolute atomic E-state index is 12.2. The molecule has 1 saturated heterocycles. The van der Waals surface area contributed by atoms with Gasteiger partial charge < -0.3 is 10.1 Å². The van der Waals surface area contributed by atoms with E-state index in [1.54, 1.807) is 24.3 Å². The minimum atomic E-state index is -1.02. The zero-order chi connectivity index (χ0) is 16.8. The molecular formula is C17H26N2O3S. The van der Waals surface area contributed by atoms with Crippen LogP contribution in [0.5, 0.6) is 0 Å². The number of hydrogen-bond acceptors (Lipinski definition) is 4. The summed E-state index contributed by atoms with van der Waals surface area (Å²) in [5.41, 5.74) is 0.601. The van der Waals surface area contributed by atoms with Crippen LogP contribution in [0.1, 0.15) is 31.1 Å². The van der Waals surface area contributed by atoms with E-state index in [4.69, 9.17) is 4.74 Å². The van der Waals surface area contributed by atoms with Gasteiger partial charge in [0.25, 0.3) is 5.91 Å². The van der Waals surface area contributed by atoms with E-state index in [0.29, 0.717) is 12.1 Å². The highest BCUT2D eigenvalue weighted by molar-refractivity contribution is 7.85. The van der Waals surface area contributed by atoms with E-state index in [-0.39, 0.29) is 17.2 Å². The zero-order valence-corrected chi connectivity index (χ0v) is 14.9. The van der Waals surface area contributed by atoms with Crippen LogP contribution < -0.4 is 5.32 Å². The highest BCUT2D eigenvalue weighted by Gasteiger charge is 2.18. The minimum absolute atomic E-state index is 0.0732. The fraction of sp³-hybridized carbons (Fsp3) is 0.588. The Balaban J connectivity index is 1.86. The Hall–Kier alpha value is -1.24. The number of ether oxygens (including phenoxy) is 1. The van der Waals surface area contributed by atoms with E-state index in [2.05, 4.69) is 17.1 Å². The first-order valence-electron chi connectivity index (χ1n) is 8.09. The summed E-state index contributed by atoms with van der Waals surface area (Å²) in [7, 11) is -1.02. The average molecular weight is 338 g/mol. The predicted octanol–water partition coefficient (Wildman–Crippen LogP) is 1.65. The molecule has 0 aromatic heterocycles. The van der Waals surface area contributed by atoms with Crippen LogP contribution >= 0.6 is 0 Å². The van der Waals surface area contributed by atoms with Crippen molar-refractivity contribution in [1.82, 2.24) is 10.2 Å². The van der Waals surface area contributed by atoms with Crippen LogP contribution in [0, 0.1) is 0 Å². The Kier molecular flexibility index (Phi) is 6.74. The Bertz CT molecular complexity index is 539. The lowest BCUT2D eigenvalue weighted by Gasteiger charge is -2.32. The van der Waals surface area contributed by atoms with Gasteiger partial charge in [-0.25, -0.2) is 0 Å². The highest BCUT2D eigenvalue weighted by Crippen LogP contribution is 2.12. The molecule has 1 aliphatic rings. The number of rotatable bonds is 6. The lowest BCUT2D eigenvalue weighted by Crippen LogP contribution is -2.47. The number of amides is 1. The molecular weight excluding hydrogens is 312 g/mol. The van der Waals surface area contributed by atoms with E-state index in [0.717, 1.165) is 31.2 Å². The predicted molar refractivity (Wildman–Crippen MR) is 92.2 cm³/mol. The normalized spacial score (nSPS) is 18.6. The van der Waals surface area contributed by atoms with Crippen LogP contribution in [0.3, 0.4) is 0 Å². The molecule has 1 aromatic carbocycles. The van der Waals surface area contributed by atoms with E-state index in [1.165, 1.54) is 0 Å². The zero-order valence-electron chi connectivity index (χ0n) is 14.1. The quantitative estimate of drug-likeness (QED) is 0.857. The molecule has 2 atom stereocenters. The Morgan fingerprint density at radius 1 is 1.22 bits per heavy atom. The van der Waals surface area contributed by atoms with E-state index < -0.39 is 10.8 Å². The third-order valence-corrected chi connectivity index (χ3v) is 5.60. The first kappa shape index (κ1) is 18.1. The fourth-order valence-electron chi connectivity index (χ4n) is 2.50. The molecule has 0 radical (unpaired) electrons. The standard InChI is InChI=1S/C17H26N2O3S/c1-13(2)23(21)16-6-4-15(5-7-16)17(20)18-12-14(3)19-8-10-22-11-9-19/h4-7,13-14H,8-12H2,1-3H3,(H,18,20)/t14-,23-/m0/s1. The van der Waals surface area contributed by atoms with Gasteiger partial charge in [-0.3, -0.25) is 13.9 Å². The van der Waals surface area contributed by atoms with Crippen LogP contribution in [0.15, 0.2) is 29.2 Å². The minimum Gasteiger partial charge on any atom is -0.379 e. The first-order valence-corrected chi connectivity index (χ1v) is 9.31. The van der Waals surface area contributed by atoms with Gasteiger partial charge in [-0.2, -0.15) is 0 Å². The summed E-state index contributed by atoms with van der Waals surface area (Å²) in [5.74, 6) is -0.0908. The van der Waals surface area contributed by atoms with Gasteiger partial charge >= 0.3 is 0 Å². The SMILES string of the molecule is CC(C)[S@](=O)c1ccc(C(=O)NC[C@H](C)N2CCOCC2)cc1. The Labute approximate surface area is 140 Å². The molecule has 0 bridgehead atoms. The molecule has 0 aliphatic carbocycles. The van der Waals surface area contributed by atoms with Gasteiger partial charge in [-0.05, 0) is 31.2 Å². The van der Waals surface area contributed by atoms with Crippen molar-refractivity contribution < 1.29 is 13.7 Å². The molecule has 1 fully saturated rings. The molecule has 1 heterocycles. The number of nitrogens with zero attached hydrogens (tertiary/aromatic N) is 1. The first-order chi connectivity index (χ1) is 11.0. The van der Waals surface area contributed by atoms with Gasteiger partial charge in [-0.1, -0.05) is 13.8 Å². The van der Waals surface area contributed by atoms with Crippen LogP contribution in [-0.2, 0) is 15.5 Å². The topological polar surface area (TPSA) is 58.6 Å². The van der Waals surface area contributed by atoms with Crippen LogP contribution in [0.4, 0.5) is 0 Å². The molecule has 1 N–H and O–H groups in total. The van der Waals surface area contributed by atoms with Crippen molar-refractivity contribution in [2.24, 2.45) is 0 Å². The van der Waals surface area contributed by atoms with Gasteiger partial charge in [0, 0.05) is 41.4 Å². The molecule has 1 aliphatic heterocycles. The van der Waals surface area contributed by atoms with Gasteiger partial charge in [0.15, 0.2) is 0 Å². The second-order valence-corrected chi connectivity index (χ2v) is 8.09. The molecule has 1 aromatic rings. The van der Waals surface area contributed by atoms with E-state index in [9.17, 15) is 9.00 Å². The van der Waals surface area contributed by atoms with Gasteiger partial charge in [0.1, 0.15) is 0 Å². The summed E-state index contributed by atoms with van der Waals surface area (Å²) >= 11 is 0. The third-order valence-electron chi connectivity index (χ3n) is 4.00. The number of morpholine rings is 1. The van der Waals surface area contributed by atoms with Gasteiger partial charge in [-0.15, -0.1) is 0 Å². The molecule has 0 saturated carbocycles. The highest BCUT2D eigenvalue weighted by atomic mass is 32.2. The maximum atomic E-state index is 12.2. The van der Waals surface area contributed by atoms with Crippen molar-refractivity contribution in [3.05, 3.63) is 29.8 Å². The second-order valence-electron chi connectivity index (χ2n) is 6.08. The van der Waals surface area contributed by atoms with Crippen molar-refractivity contribution in [2.75, 3.05) is 32.8 Å². The van der Waals surface area contributed by atoms with Crippen LogP contribution in [-0.4, -0.2) is 59.2 Å². The van der Waals surface area contributed by atoms with Crippen molar-refractivity contribution in [1.29, 1.82) is 0 Å². The molecule has 2 rings (SSSR count). The monoisotopic (exact) mass is 338 g/mol. The second kappa shape index (κ2) is 8.57. The fourth-order valence-corrected chi connectivity index (χ4v) is 3.45. The number of carbonyl (C=O) groups excluding carboxylic acids is 1. The summed E-state index contributed by atoms with van der Waals surface area (Å²) in [6.07, 6.45) is 0. The van der Waals surface area contributed by atoms with Gasteiger partial charge in [0.2, 0.25) is 0 Å². The van der Waals surface area contributed by atoms with Crippen molar-refractivity contribution in [2.45, 2.75) is 37.0 Å². The average Bonchev–Trinajstić information content (AvgIpc) is 2.59. The molecule has 5 nitrogen and oxygen atoms in total. The van der Waals surface area contributed by atoms with Crippen molar-refractivity contribution >= 4 is 16.7 Å². The summed E-state index contributed by atoms with van der Waals surface area (Å²) < 4.78 is 17.3. The molecule has 0 spiro atoms. The molecule has 6 heteroatoms. The van der Waals surface area contributed by atoms with Crippen LogP contribution in [0.2, 0.25) is 0 Å². The van der Waals surface area contributed by atoms with Crippen LogP contribution in [0.25, 0.3) is 0 Å². The maximum Gasteiger partial charge on any atom is 0.251 e. The summed E-state index contributed by atoms with van der Waals surface area (Å²) in [4.78, 5) is 15.3. The van der Waals surface area contributed by atoms with Gasteiger partial charge in [0.05, 0.1) is 24.0 Å². The molecule has 128 valence electrons. The lowest BCUT2D eigenvalue weighted by atomic mass is 10.2. The Morgan fingerprint density at radius 2 is 1.83 bits per heavy atom. The summed E-state index contributed by atoms with van der Waals surface area (Å²) in [6.45, 7) is 9.89. The lowest BCUT2D eigenvalue weighted by molar-refractivity contribution is 0.0204. The molecule has 0 unspecified atom stereocenters. The number of nitrogens with one attached hydrogen (secondary N) is 1. The molecule has 1 amide bonds. The smallest absolute Gasteiger partial charge is 0.251 e. The number of benzene rings is 1. The van der Waals surface area contributed by atoms with E-state index in [1.807, 2.05) is 13.8 Å². The number of carbonyl (C=O) groups is 1. The van der Waals surface area contributed by atoms with Crippen molar-refractivity contribution in [3.63, 3.8) is 0 Å². The largest absolute Gasteiger partial charge is 0.379 e. The summed E-state index contributed by atoms with van der Waals surface area (Å²) in [5, 5.41) is 3.04. The molecule has 23 heavy (non-hydrogen) atoms. The number of hydrogen-bond donors (Lipinski definition) is 1. The van der Waals surface area contributed by atoms with E-state index >= 15 is 0 Å². The Morgan fingerprint density at radius 3 is 2.39 bits per heavy atom. The van der Waals surface area contributed by atoms with Crippen molar-refractivity contribution in [3.8, 4) is 0 Å².